The van der Waals surface area contributed by atoms with Gasteiger partial charge in [-0.05, 0) is 43.5 Å². The summed E-state index contributed by atoms with van der Waals surface area (Å²) in [6.07, 6.45) is 6.30. The molecule has 0 bridgehead atoms. The van der Waals surface area contributed by atoms with Gasteiger partial charge in [0.1, 0.15) is 6.10 Å². The molecule has 0 unspecified atom stereocenters. The molecular formula is C20H26N4O. The van der Waals surface area contributed by atoms with Crippen LogP contribution in [0.25, 0.3) is 10.9 Å². The maximum absolute atomic E-state index is 5.96. The SMILES string of the molecule is Cc1cccc2c(CCNC[C@@H]3CCO[C@H]3c3ccnn3C)c[nH]c12. The van der Waals surface area contributed by atoms with Gasteiger partial charge in [-0.1, -0.05) is 18.2 Å². The molecule has 0 amide bonds. The predicted molar refractivity (Wildman–Crippen MR) is 99.6 cm³/mol. The lowest BCUT2D eigenvalue weighted by Crippen LogP contribution is -2.27. The summed E-state index contributed by atoms with van der Waals surface area (Å²) in [5.41, 5.74) is 5.13. The van der Waals surface area contributed by atoms with Gasteiger partial charge in [0.25, 0.3) is 0 Å². The molecule has 25 heavy (non-hydrogen) atoms. The first kappa shape index (κ1) is 16.4. The molecule has 2 atom stereocenters. The van der Waals surface area contributed by atoms with Crippen molar-refractivity contribution in [2.75, 3.05) is 19.7 Å². The highest BCUT2D eigenvalue weighted by Crippen LogP contribution is 2.33. The molecule has 3 aromatic rings. The number of H-pyrrole nitrogens is 1. The fourth-order valence-corrected chi connectivity index (χ4v) is 3.91. The average molecular weight is 338 g/mol. The summed E-state index contributed by atoms with van der Waals surface area (Å²) >= 11 is 0. The highest BCUT2D eigenvalue weighted by atomic mass is 16.5. The van der Waals surface area contributed by atoms with Crippen molar-refractivity contribution in [3.05, 3.63) is 53.5 Å². The van der Waals surface area contributed by atoms with Gasteiger partial charge in [0.15, 0.2) is 0 Å². The third kappa shape index (κ3) is 3.22. The second-order valence-corrected chi connectivity index (χ2v) is 6.99. The van der Waals surface area contributed by atoms with Crippen LogP contribution in [0.5, 0.6) is 0 Å². The normalized spacial score (nSPS) is 20.6. The number of ether oxygens (including phenoxy) is 1. The molecule has 0 saturated carbocycles. The van der Waals surface area contributed by atoms with E-state index < -0.39 is 0 Å². The summed E-state index contributed by atoms with van der Waals surface area (Å²) in [5.74, 6) is 0.514. The largest absolute Gasteiger partial charge is 0.372 e. The van der Waals surface area contributed by atoms with E-state index in [1.807, 2.05) is 17.9 Å². The minimum Gasteiger partial charge on any atom is -0.372 e. The summed E-state index contributed by atoms with van der Waals surface area (Å²) < 4.78 is 7.89. The molecule has 5 nitrogen and oxygen atoms in total. The third-order valence-corrected chi connectivity index (χ3v) is 5.35. The van der Waals surface area contributed by atoms with E-state index in [2.05, 4.69) is 52.8 Å². The Bertz CT molecular complexity index is 850. The molecule has 1 aliphatic heterocycles. The van der Waals surface area contributed by atoms with E-state index in [1.54, 1.807) is 0 Å². The summed E-state index contributed by atoms with van der Waals surface area (Å²) in [6, 6.07) is 8.56. The van der Waals surface area contributed by atoms with Crippen LogP contribution >= 0.6 is 0 Å². The number of aryl methyl sites for hydroxylation is 2. The van der Waals surface area contributed by atoms with Crippen molar-refractivity contribution >= 4 is 10.9 Å². The van der Waals surface area contributed by atoms with Crippen LogP contribution in [0.1, 0.15) is 29.3 Å². The minimum absolute atomic E-state index is 0.163. The van der Waals surface area contributed by atoms with E-state index in [4.69, 9.17) is 4.74 Å². The fourth-order valence-electron chi connectivity index (χ4n) is 3.91. The molecule has 1 aromatic carbocycles. The van der Waals surface area contributed by atoms with E-state index in [1.165, 1.54) is 27.7 Å². The van der Waals surface area contributed by atoms with E-state index in [9.17, 15) is 0 Å². The number of hydrogen-bond donors (Lipinski definition) is 2. The van der Waals surface area contributed by atoms with Crippen molar-refractivity contribution in [1.29, 1.82) is 0 Å². The smallest absolute Gasteiger partial charge is 0.103 e. The highest BCUT2D eigenvalue weighted by Gasteiger charge is 2.31. The van der Waals surface area contributed by atoms with Crippen LogP contribution in [0, 0.1) is 12.8 Å². The van der Waals surface area contributed by atoms with Gasteiger partial charge >= 0.3 is 0 Å². The van der Waals surface area contributed by atoms with Crippen LogP contribution in [0.3, 0.4) is 0 Å². The Labute approximate surface area is 148 Å². The lowest BCUT2D eigenvalue weighted by Gasteiger charge is -2.19. The summed E-state index contributed by atoms with van der Waals surface area (Å²) in [6.45, 7) is 4.95. The summed E-state index contributed by atoms with van der Waals surface area (Å²) in [5, 5.41) is 9.25. The van der Waals surface area contributed by atoms with Crippen molar-refractivity contribution in [2.45, 2.75) is 25.9 Å². The maximum atomic E-state index is 5.96. The quantitative estimate of drug-likeness (QED) is 0.679. The number of para-hydroxylation sites is 1. The molecule has 0 spiro atoms. The van der Waals surface area contributed by atoms with E-state index >= 15 is 0 Å². The van der Waals surface area contributed by atoms with Crippen LogP contribution in [0.4, 0.5) is 0 Å². The first-order chi connectivity index (χ1) is 12.2. The standard InChI is InChI=1S/C20H26N4O/c1-14-4-3-5-17-15(13-22-19(14)17)6-9-21-12-16-8-11-25-20(16)18-7-10-23-24(18)2/h3-5,7,10,13,16,20-22H,6,8-9,11-12H2,1-2H3/t16-,20+/m0/s1. The van der Waals surface area contributed by atoms with Crippen LogP contribution in [0.2, 0.25) is 0 Å². The topological polar surface area (TPSA) is 54.9 Å². The second-order valence-electron chi connectivity index (χ2n) is 6.99. The Morgan fingerprint density at radius 3 is 3.12 bits per heavy atom. The van der Waals surface area contributed by atoms with Crippen LogP contribution in [-0.2, 0) is 18.2 Å². The van der Waals surface area contributed by atoms with Gasteiger partial charge in [-0.25, -0.2) is 0 Å². The lowest BCUT2D eigenvalue weighted by molar-refractivity contribution is 0.0839. The number of nitrogens with zero attached hydrogens (tertiary/aromatic N) is 2. The molecule has 5 heteroatoms. The lowest BCUT2D eigenvalue weighted by atomic mass is 9.99. The Balaban J connectivity index is 1.33. The third-order valence-electron chi connectivity index (χ3n) is 5.35. The van der Waals surface area contributed by atoms with Crippen molar-refractivity contribution in [1.82, 2.24) is 20.1 Å². The summed E-state index contributed by atoms with van der Waals surface area (Å²) in [4.78, 5) is 3.41. The van der Waals surface area contributed by atoms with Crippen molar-refractivity contribution < 1.29 is 4.74 Å². The number of aromatic amines is 1. The van der Waals surface area contributed by atoms with Gasteiger partial charge in [0, 0.05) is 49.4 Å². The van der Waals surface area contributed by atoms with Gasteiger partial charge in [0.2, 0.25) is 0 Å². The molecule has 1 aliphatic rings. The zero-order chi connectivity index (χ0) is 17.2. The molecule has 0 radical (unpaired) electrons. The molecule has 2 aromatic heterocycles. The van der Waals surface area contributed by atoms with Crippen molar-refractivity contribution in [2.24, 2.45) is 13.0 Å². The van der Waals surface area contributed by atoms with Crippen molar-refractivity contribution in [3.8, 4) is 0 Å². The second kappa shape index (κ2) is 7.02. The Kier molecular flexibility index (Phi) is 4.59. The number of fused-ring (bicyclic) bond motifs is 1. The first-order valence-electron chi connectivity index (χ1n) is 9.10. The summed E-state index contributed by atoms with van der Waals surface area (Å²) in [7, 11) is 1.99. The molecular weight excluding hydrogens is 312 g/mol. The van der Waals surface area contributed by atoms with Gasteiger partial charge in [-0.2, -0.15) is 5.10 Å². The van der Waals surface area contributed by atoms with E-state index in [-0.39, 0.29) is 6.10 Å². The minimum atomic E-state index is 0.163. The molecule has 4 rings (SSSR count). The highest BCUT2D eigenvalue weighted by molar-refractivity contribution is 5.85. The average Bonchev–Trinajstić information content (AvgIpc) is 3.32. The first-order valence-corrected chi connectivity index (χ1v) is 9.10. The number of rotatable bonds is 6. The predicted octanol–water partition coefficient (Wildman–Crippen LogP) is 3.12. The molecule has 3 heterocycles. The Morgan fingerprint density at radius 2 is 2.28 bits per heavy atom. The number of aromatic nitrogens is 3. The molecule has 1 fully saturated rings. The fraction of sp³-hybridized carbons (Fsp3) is 0.450. The molecule has 2 N–H and O–H groups in total. The van der Waals surface area contributed by atoms with Crippen LogP contribution < -0.4 is 5.32 Å². The van der Waals surface area contributed by atoms with Gasteiger partial charge in [-0.3, -0.25) is 4.68 Å². The van der Waals surface area contributed by atoms with Crippen LogP contribution in [-0.4, -0.2) is 34.5 Å². The van der Waals surface area contributed by atoms with Gasteiger partial charge in [-0.15, -0.1) is 0 Å². The van der Waals surface area contributed by atoms with E-state index in [0.717, 1.165) is 32.5 Å². The molecule has 1 saturated heterocycles. The maximum Gasteiger partial charge on any atom is 0.103 e. The molecule has 132 valence electrons. The van der Waals surface area contributed by atoms with Crippen molar-refractivity contribution in [3.63, 3.8) is 0 Å². The molecule has 0 aliphatic carbocycles. The van der Waals surface area contributed by atoms with E-state index in [0.29, 0.717) is 5.92 Å². The van der Waals surface area contributed by atoms with Gasteiger partial charge in [0.05, 0.1) is 5.69 Å². The number of benzene rings is 1. The Hall–Kier alpha value is -2.11. The van der Waals surface area contributed by atoms with Crippen LogP contribution in [0.15, 0.2) is 36.7 Å². The monoisotopic (exact) mass is 338 g/mol. The zero-order valence-corrected chi connectivity index (χ0v) is 15.0. The number of nitrogens with one attached hydrogen (secondary N) is 2. The zero-order valence-electron chi connectivity index (χ0n) is 15.0. The Morgan fingerprint density at radius 1 is 1.36 bits per heavy atom. The van der Waals surface area contributed by atoms with Gasteiger partial charge < -0.3 is 15.0 Å². The number of hydrogen-bond acceptors (Lipinski definition) is 3.